The minimum absolute atomic E-state index is 0.0995. The molecule has 4 rings (SSSR count). The first kappa shape index (κ1) is 32.6. The van der Waals surface area contributed by atoms with Crippen molar-refractivity contribution in [1.29, 1.82) is 0 Å². The highest BCUT2D eigenvalue weighted by Gasteiger charge is 2.35. The quantitative estimate of drug-likeness (QED) is 0.120. The summed E-state index contributed by atoms with van der Waals surface area (Å²) in [4.78, 5) is 37.0. The number of hydrogen-bond acceptors (Lipinski definition) is 7. The molecule has 12 nitrogen and oxygen atoms in total. The fraction of sp³-hybridized carbons (Fsp3) is 0.567. The zero-order valence-corrected chi connectivity index (χ0v) is 25.4. The number of rotatable bonds is 16. The third-order valence-corrected chi connectivity index (χ3v) is 9.49. The second kappa shape index (κ2) is 15.5. The van der Waals surface area contributed by atoms with Crippen molar-refractivity contribution in [3.8, 4) is 0 Å². The van der Waals surface area contributed by atoms with E-state index in [4.69, 9.17) is 0 Å². The molecular formula is C30H44N6O6S. The number of aromatic nitrogens is 3. The number of carbonyl (C=O) groups is 2. The molecule has 0 unspecified atom stereocenters. The molecule has 2 amide bonds. The minimum atomic E-state index is -3.85. The second-order valence-corrected chi connectivity index (χ2v) is 13.4. The molecule has 2 heterocycles. The van der Waals surface area contributed by atoms with Crippen LogP contribution in [0.4, 0.5) is 0 Å². The summed E-state index contributed by atoms with van der Waals surface area (Å²) in [6.07, 6.45) is 6.82. The number of benzene rings is 1. The Balaban J connectivity index is 1.51. The average Bonchev–Trinajstić information content (AvgIpc) is 3.66. The van der Waals surface area contributed by atoms with Crippen molar-refractivity contribution >= 4 is 32.7 Å². The van der Waals surface area contributed by atoms with Crippen molar-refractivity contribution < 1.29 is 28.2 Å². The summed E-state index contributed by atoms with van der Waals surface area (Å²) in [5.41, 5.74) is 1.69. The third kappa shape index (κ3) is 9.62. The Kier molecular flexibility index (Phi) is 11.7. The van der Waals surface area contributed by atoms with Crippen LogP contribution in [0.5, 0.6) is 0 Å². The summed E-state index contributed by atoms with van der Waals surface area (Å²) in [5.74, 6) is -1.53. The Morgan fingerprint density at radius 3 is 2.58 bits per heavy atom. The molecule has 236 valence electrons. The molecule has 43 heavy (non-hydrogen) atoms. The molecule has 1 aliphatic carbocycles. The molecule has 1 fully saturated rings. The number of aromatic amines is 2. The summed E-state index contributed by atoms with van der Waals surface area (Å²) >= 11 is 0. The van der Waals surface area contributed by atoms with Gasteiger partial charge < -0.3 is 30.8 Å². The van der Waals surface area contributed by atoms with Crippen molar-refractivity contribution in [2.24, 2.45) is 5.92 Å². The number of carbonyl (C=O) groups excluding carboxylic acids is 2. The number of amides is 2. The Morgan fingerprint density at radius 1 is 1.12 bits per heavy atom. The van der Waals surface area contributed by atoms with E-state index in [0.717, 1.165) is 49.4 Å². The Bertz CT molecular complexity index is 1390. The largest absolute Gasteiger partial charge is 0.389 e. The van der Waals surface area contributed by atoms with Crippen LogP contribution in [-0.4, -0.2) is 82.0 Å². The second-order valence-electron chi connectivity index (χ2n) is 11.5. The van der Waals surface area contributed by atoms with Crippen molar-refractivity contribution in [2.75, 3.05) is 12.3 Å². The van der Waals surface area contributed by atoms with E-state index in [1.165, 1.54) is 6.33 Å². The number of para-hydroxylation sites is 1. The summed E-state index contributed by atoms with van der Waals surface area (Å²) < 4.78 is 27.5. The lowest BCUT2D eigenvalue weighted by Gasteiger charge is -2.33. The van der Waals surface area contributed by atoms with Crippen LogP contribution in [0.25, 0.3) is 10.9 Å². The first-order chi connectivity index (χ1) is 20.6. The number of nitrogens with one attached hydrogen (secondary N) is 5. The highest BCUT2D eigenvalue weighted by atomic mass is 32.2. The molecule has 3 aromatic rings. The van der Waals surface area contributed by atoms with Crippen molar-refractivity contribution in [3.63, 3.8) is 0 Å². The predicted octanol–water partition coefficient (Wildman–Crippen LogP) is 2.13. The van der Waals surface area contributed by atoms with E-state index >= 15 is 0 Å². The number of aliphatic hydroxyl groups is 2. The normalized spacial score (nSPS) is 17.3. The van der Waals surface area contributed by atoms with E-state index in [9.17, 15) is 28.2 Å². The molecule has 4 atom stereocenters. The van der Waals surface area contributed by atoms with Crippen LogP contribution in [0, 0.1) is 5.92 Å². The molecular weight excluding hydrogens is 572 g/mol. The van der Waals surface area contributed by atoms with Crippen molar-refractivity contribution in [1.82, 2.24) is 30.3 Å². The number of imidazole rings is 1. The lowest BCUT2D eigenvalue weighted by Crippen LogP contribution is -2.56. The van der Waals surface area contributed by atoms with Crippen LogP contribution in [-0.2, 0) is 21.2 Å². The standard InChI is InChI=1S/C30H44N6O6S/c1-2-3-13-33-43(41,42)18-27(37)28(38)24(14-20-9-5-4-6-10-20)35-30(40)26(16-22-17-31-19-32-22)36-29(39)25-15-21-11-7-8-12-23(21)34-25/h7-8,11-12,15,17,19-20,24,26-28,33-34,37-38H,2-6,9-10,13-14,16,18H2,1H3,(H,31,32)(H,35,40)(H,36,39)/t24-,26-,27+,28+/m0/s1. The number of hydrogen-bond donors (Lipinski definition) is 7. The molecule has 0 saturated heterocycles. The minimum Gasteiger partial charge on any atom is -0.389 e. The van der Waals surface area contributed by atoms with Gasteiger partial charge in [0.2, 0.25) is 15.9 Å². The molecule has 2 aromatic heterocycles. The summed E-state index contributed by atoms with van der Waals surface area (Å²) in [6.45, 7) is 2.18. The number of nitrogens with zero attached hydrogens (tertiary/aromatic N) is 1. The van der Waals surface area contributed by atoms with Crippen LogP contribution < -0.4 is 15.4 Å². The maximum Gasteiger partial charge on any atom is 0.268 e. The first-order valence-corrected chi connectivity index (χ1v) is 16.8. The van der Waals surface area contributed by atoms with Gasteiger partial charge in [-0.2, -0.15) is 0 Å². The molecule has 13 heteroatoms. The molecule has 7 N–H and O–H groups in total. The molecule has 0 bridgehead atoms. The fourth-order valence-electron chi connectivity index (χ4n) is 5.66. The van der Waals surface area contributed by atoms with Gasteiger partial charge in [0.15, 0.2) is 0 Å². The molecule has 1 saturated carbocycles. The predicted molar refractivity (Wildman–Crippen MR) is 164 cm³/mol. The van der Waals surface area contributed by atoms with E-state index < -0.39 is 51.9 Å². The van der Waals surface area contributed by atoms with E-state index in [0.29, 0.717) is 24.2 Å². The number of H-pyrrole nitrogens is 2. The van der Waals surface area contributed by atoms with Crippen LogP contribution in [0.1, 0.15) is 74.5 Å². The van der Waals surface area contributed by atoms with Gasteiger partial charge in [-0.15, -0.1) is 0 Å². The van der Waals surface area contributed by atoms with E-state index in [1.807, 2.05) is 31.2 Å². The monoisotopic (exact) mass is 616 g/mol. The first-order valence-electron chi connectivity index (χ1n) is 15.1. The maximum atomic E-state index is 13.8. The van der Waals surface area contributed by atoms with E-state index in [2.05, 4.69) is 30.3 Å². The van der Waals surface area contributed by atoms with E-state index in [-0.39, 0.29) is 18.9 Å². The van der Waals surface area contributed by atoms with Gasteiger partial charge in [0.25, 0.3) is 5.91 Å². The average molecular weight is 617 g/mol. The molecule has 0 radical (unpaired) electrons. The van der Waals surface area contributed by atoms with Crippen LogP contribution >= 0.6 is 0 Å². The van der Waals surface area contributed by atoms with Gasteiger partial charge in [-0.05, 0) is 30.9 Å². The summed E-state index contributed by atoms with van der Waals surface area (Å²) in [6, 6.07) is 7.18. The lowest BCUT2D eigenvalue weighted by molar-refractivity contribution is -0.125. The van der Waals surface area contributed by atoms with Gasteiger partial charge in [0, 0.05) is 35.8 Å². The molecule has 0 aliphatic heterocycles. The topological polar surface area (TPSA) is 189 Å². The van der Waals surface area contributed by atoms with Gasteiger partial charge in [0.1, 0.15) is 17.8 Å². The van der Waals surface area contributed by atoms with Gasteiger partial charge in [-0.25, -0.2) is 18.1 Å². The third-order valence-electron chi connectivity index (χ3n) is 8.06. The van der Waals surface area contributed by atoms with E-state index in [1.54, 1.807) is 12.3 Å². The summed E-state index contributed by atoms with van der Waals surface area (Å²) in [5, 5.41) is 28.5. The SMILES string of the molecule is CCCCNS(=O)(=O)C[C@@H](O)[C@H](O)[C@H](CC1CCCCC1)NC(=O)[C@H](Cc1cnc[nH]1)NC(=O)c1cc2ccccc2[nH]1. The number of aliphatic hydroxyl groups excluding tert-OH is 2. The van der Waals surface area contributed by atoms with Crippen LogP contribution in [0.2, 0.25) is 0 Å². The lowest BCUT2D eigenvalue weighted by atomic mass is 9.83. The number of unbranched alkanes of at least 4 members (excludes halogenated alkanes) is 1. The highest BCUT2D eigenvalue weighted by molar-refractivity contribution is 7.89. The Hall–Kier alpha value is -3.26. The van der Waals surface area contributed by atoms with Gasteiger partial charge in [-0.1, -0.05) is 63.6 Å². The smallest absolute Gasteiger partial charge is 0.268 e. The van der Waals surface area contributed by atoms with Crippen molar-refractivity contribution in [2.45, 2.75) is 89.0 Å². The van der Waals surface area contributed by atoms with Gasteiger partial charge in [-0.3, -0.25) is 9.59 Å². The van der Waals surface area contributed by atoms with Crippen molar-refractivity contribution in [3.05, 3.63) is 54.2 Å². The molecule has 0 spiro atoms. The zero-order valence-electron chi connectivity index (χ0n) is 24.6. The molecule has 1 aliphatic rings. The Morgan fingerprint density at radius 2 is 1.88 bits per heavy atom. The zero-order chi connectivity index (χ0) is 30.8. The maximum absolute atomic E-state index is 13.8. The van der Waals surface area contributed by atoms with Crippen LogP contribution in [0.3, 0.4) is 0 Å². The van der Waals surface area contributed by atoms with Crippen LogP contribution in [0.15, 0.2) is 42.9 Å². The van der Waals surface area contributed by atoms with Gasteiger partial charge in [0.05, 0.1) is 24.2 Å². The highest BCUT2D eigenvalue weighted by Crippen LogP contribution is 2.28. The fourth-order valence-corrected chi connectivity index (χ4v) is 6.88. The summed E-state index contributed by atoms with van der Waals surface area (Å²) in [7, 11) is -3.85. The molecule has 1 aromatic carbocycles. The van der Waals surface area contributed by atoms with Gasteiger partial charge >= 0.3 is 0 Å². The Labute approximate surface area is 252 Å². The number of sulfonamides is 1. The number of fused-ring (bicyclic) bond motifs is 1.